The van der Waals surface area contributed by atoms with Gasteiger partial charge in [-0.1, -0.05) is 12.1 Å². The van der Waals surface area contributed by atoms with Gasteiger partial charge in [0.25, 0.3) is 0 Å². The van der Waals surface area contributed by atoms with Crippen molar-refractivity contribution in [3.63, 3.8) is 0 Å². The number of ether oxygens (including phenoxy) is 1. The smallest absolute Gasteiger partial charge is 0.169 e. The Morgan fingerprint density at radius 3 is 3.08 bits per heavy atom. The van der Waals surface area contributed by atoms with Crippen LogP contribution in [0.2, 0.25) is 0 Å². The lowest BCUT2D eigenvalue weighted by molar-refractivity contribution is 0.113. The molecule has 128 valence electrons. The van der Waals surface area contributed by atoms with Crippen LogP contribution in [-0.4, -0.2) is 47.3 Å². The minimum Gasteiger partial charge on any atom is -0.376 e. The molecule has 0 aliphatic carbocycles. The van der Waals surface area contributed by atoms with Crippen molar-refractivity contribution in [3.05, 3.63) is 29.3 Å². The van der Waals surface area contributed by atoms with Gasteiger partial charge in [-0.3, -0.25) is 0 Å². The molecule has 2 aliphatic rings. The number of thiazole rings is 1. The summed E-state index contributed by atoms with van der Waals surface area (Å²) in [5.41, 5.74) is 1.12. The van der Waals surface area contributed by atoms with E-state index in [1.54, 1.807) is 0 Å². The SMILES string of the molecule is S=C(NC[C@H]1CCCO1)N1CCC[C@@H](c2nc3ccccc3s2)C1. The maximum absolute atomic E-state index is 5.67. The summed E-state index contributed by atoms with van der Waals surface area (Å²) in [7, 11) is 0. The lowest BCUT2D eigenvalue weighted by atomic mass is 9.99. The number of aromatic nitrogens is 1. The van der Waals surface area contributed by atoms with Crippen molar-refractivity contribution in [1.82, 2.24) is 15.2 Å². The van der Waals surface area contributed by atoms with Crippen LogP contribution in [0.1, 0.15) is 36.6 Å². The van der Waals surface area contributed by atoms with E-state index in [-0.39, 0.29) is 0 Å². The fourth-order valence-corrected chi connectivity index (χ4v) is 4.89. The first kappa shape index (κ1) is 16.2. The van der Waals surface area contributed by atoms with Crippen molar-refractivity contribution in [1.29, 1.82) is 0 Å². The highest BCUT2D eigenvalue weighted by Crippen LogP contribution is 2.32. The highest BCUT2D eigenvalue weighted by atomic mass is 32.1. The zero-order chi connectivity index (χ0) is 16.4. The third-order valence-corrected chi connectivity index (χ3v) is 6.47. The molecule has 2 aromatic rings. The van der Waals surface area contributed by atoms with E-state index < -0.39 is 0 Å². The summed E-state index contributed by atoms with van der Waals surface area (Å²) in [6, 6.07) is 8.40. The Morgan fingerprint density at radius 2 is 2.25 bits per heavy atom. The summed E-state index contributed by atoms with van der Waals surface area (Å²) >= 11 is 7.45. The van der Waals surface area contributed by atoms with Gasteiger partial charge in [-0.2, -0.15) is 0 Å². The second-order valence-corrected chi connectivity index (χ2v) is 8.08. The molecule has 3 heterocycles. The topological polar surface area (TPSA) is 37.4 Å². The van der Waals surface area contributed by atoms with Crippen LogP contribution in [0.5, 0.6) is 0 Å². The molecule has 1 aromatic heterocycles. The van der Waals surface area contributed by atoms with E-state index in [4.69, 9.17) is 21.9 Å². The maximum Gasteiger partial charge on any atom is 0.169 e. The standard InChI is InChI=1S/C18H23N3OS2/c23-18(19-11-14-6-4-10-22-14)21-9-3-5-13(12-21)17-20-15-7-1-2-8-16(15)24-17/h1-2,7-8,13-14H,3-6,9-12H2,(H,19,23)/t13-,14-/m1/s1. The van der Waals surface area contributed by atoms with E-state index in [9.17, 15) is 0 Å². The molecule has 1 N–H and O–H groups in total. The van der Waals surface area contributed by atoms with Gasteiger partial charge in [0, 0.05) is 32.2 Å². The van der Waals surface area contributed by atoms with Crippen molar-refractivity contribution in [2.24, 2.45) is 0 Å². The van der Waals surface area contributed by atoms with Gasteiger partial charge in [0.15, 0.2) is 5.11 Å². The third-order valence-electron chi connectivity index (χ3n) is 4.87. The molecule has 0 radical (unpaired) electrons. The average molecular weight is 362 g/mol. The predicted molar refractivity (Wildman–Crippen MR) is 103 cm³/mol. The summed E-state index contributed by atoms with van der Waals surface area (Å²) in [6.07, 6.45) is 5.01. The summed E-state index contributed by atoms with van der Waals surface area (Å²) in [5.74, 6) is 0.485. The molecule has 2 atom stereocenters. The Kier molecular flexibility index (Phi) is 4.96. The Morgan fingerprint density at radius 1 is 1.33 bits per heavy atom. The van der Waals surface area contributed by atoms with Crippen molar-refractivity contribution in [2.45, 2.75) is 37.7 Å². The Hall–Kier alpha value is -1.24. The highest BCUT2D eigenvalue weighted by molar-refractivity contribution is 7.80. The van der Waals surface area contributed by atoms with Gasteiger partial charge < -0.3 is 15.0 Å². The zero-order valence-electron chi connectivity index (χ0n) is 13.7. The number of piperidine rings is 1. The molecule has 2 aliphatic heterocycles. The van der Waals surface area contributed by atoms with Crippen LogP contribution in [0.15, 0.2) is 24.3 Å². The zero-order valence-corrected chi connectivity index (χ0v) is 15.4. The number of hydrogen-bond acceptors (Lipinski definition) is 4. The number of thiocarbonyl (C=S) groups is 1. The Labute approximate surface area is 152 Å². The lowest BCUT2D eigenvalue weighted by Gasteiger charge is -2.34. The Balaban J connectivity index is 1.38. The number of likely N-dealkylation sites (tertiary alicyclic amines) is 1. The minimum atomic E-state index is 0.327. The highest BCUT2D eigenvalue weighted by Gasteiger charge is 2.26. The predicted octanol–water partition coefficient (Wildman–Crippen LogP) is 3.53. The van der Waals surface area contributed by atoms with E-state index in [0.717, 1.165) is 43.3 Å². The maximum atomic E-state index is 5.67. The van der Waals surface area contributed by atoms with Crippen molar-refractivity contribution in [3.8, 4) is 0 Å². The van der Waals surface area contributed by atoms with Gasteiger partial charge in [-0.15, -0.1) is 11.3 Å². The van der Waals surface area contributed by atoms with Crippen molar-refractivity contribution >= 4 is 38.9 Å². The molecular formula is C18H23N3OS2. The summed E-state index contributed by atoms with van der Waals surface area (Å²) < 4.78 is 6.95. The summed E-state index contributed by atoms with van der Waals surface area (Å²) in [5, 5.41) is 5.53. The van der Waals surface area contributed by atoms with E-state index in [1.807, 2.05) is 11.3 Å². The van der Waals surface area contributed by atoms with E-state index in [1.165, 1.54) is 29.0 Å². The fraction of sp³-hybridized carbons (Fsp3) is 0.556. The number of benzene rings is 1. The summed E-state index contributed by atoms with van der Waals surface area (Å²) in [6.45, 7) is 3.74. The van der Waals surface area contributed by atoms with Crippen LogP contribution in [0.3, 0.4) is 0 Å². The fourth-order valence-electron chi connectivity index (χ4n) is 3.55. The molecule has 2 fully saturated rings. The molecule has 6 heteroatoms. The first-order valence-electron chi connectivity index (χ1n) is 8.79. The van der Waals surface area contributed by atoms with Gasteiger partial charge in [-0.05, 0) is 50.0 Å². The molecule has 1 aromatic carbocycles. The van der Waals surface area contributed by atoms with Crippen LogP contribution in [0.4, 0.5) is 0 Å². The van der Waals surface area contributed by atoms with E-state index >= 15 is 0 Å². The van der Waals surface area contributed by atoms with Crippen LogP contribution in [0, 0.1) is 0 Å². The van der Waals surface area contributed by atoms with Crippen LogP contribution in [0.25, 0.3) is 10.2 Å². The average Bonchev–Trinajstić information content (AvgIpc) is 3.29. The number of rotatable bonds is 3. The lowest BCUT2D eigenvalue weighted by Crippen LogP contribution is -2.46. The van der Waals surface area contributed by atoms with Crippen molar-refractivity contribution in [2.75, 3.05) is 26.2 Å². The van der Waals surface area contributed by atoms with Gasteiger partial charge in [0.05, 0.1) is 21.3 Å². The number of nitrogens with zero attached hydrogens (tertiary/aromatic N) is 2. The minimum absolute atomic E-state index is 0.327. The van der Waals surface area contributed by atoms with Crippen LogP contribution < -0.4 is 5.32 Å². The molecule has 0 unspecified atom stereocenters. The largest absolute Gasteiger partial charge is 0.376 e. The van der Waals surface area contributed by atoms with E-state index in [2.05, 4.69) is 34.5 Å². The molecular weight excluding hydrogens is 338 g/mol. The molecule has 4 rings (SSSR count). The van der Waals surface area contributed by atoms with E-state index in [0.29, 0.717) is 12.0 Å². The van der Waals surface area contributed by atoms with Crippen LogP contribution in [-0.2, 0) is 4.74 Å². The first-order chi connectivity index (χ1) is 11.8. The monoisotopic (exact) mass is 361 g/mol. The molecule has 0 amide bonds. The molecule has 0 bridgehead atoms. The summed E-state index contributed by atoms with van der Waals surface area (Å²) in [4.78, 5) is 7.16. The second-order valence-electron chi connectivity index (χ2n) is 6.63. The third kappa shape index (κ3) is 3.55. The van der Waals surface area contributed by atoms with Gasteiger partial charge in [0.2, 0.25) is 0 Å². The first-order valence-corrected chi connectivity index (χ1v) is 10.0. The quantitative estimate of drug-likeness (QED) is 0.847. The number of fused-ring (bicyclic) bond motifs is 1. The second kappa shape index (κ2) is 7.33. The Bertz CT molecular complexity index is 678. The molecule has 4 nitrogen and oxygen atoms in total. The van der Waals surface area contributed by atoms with Gasteiger partial charge in [-0.25, -0.2) is 4.98 Å². The number of nitrogens with one attached hydrogen (secondary N) is 1. The molecule has 24 heavy (non-hydrogen) atoms. The molecule has 2 saturated heterocycles. The number of hydrogen-bond donors (Lipinski definition) is 1. The van der Waals surface area contributed by atoms with Crippen LogP contribution >= 0.6 is 23.6 Å². The molecule has 0 spiro atoms. The van der Waals surface area contributed by atoms with Crippen molar-refractivity contribution < 1.29 is 4.74 Å². The van der Waals surface area contributed by atoms with Gasteiger partial charge >= 0.3 is 0 Å². The normalized spacial score (nSPS) is 24.4. The molecule has 0 saturated carbocycles. The number of para-hydroxylation sites is 1. The van der Waals surface area contributed by atoms with Gasteiger partial charge in [0.1, 0.15) is 0 Å².